The normalized spacial score (nSPS) is 25.1. The van der Waals surface area contributed by atoms with Gasteiger partial charge in [-0.3, -0.25) is 24.5 Å². The molecule has 26 heavy (non-hydrogen) atoms. The fourth-order valence-electron chi connectivity index (χ4n) is 2.57. The van der Waals surface area contributed by atoms with Crippen LogP contribution in [-0.2, 0) is 9.53 Å². The Labute approximate surface area is 145 Å². The van der Waals surface area contributed by atoms with Crippen LogP contribution in [0.3, 0.4) is 0 Å². The number of nitrogens with one attached hydrogen (secondary N) is 2. The Bertz CT molecular complexity index is 894. The van der Waals surface area contributed by atoms with Crippen molar-refractivity contribution in [1.29, 1.82) is 0 Å². The van der Waals surface area contributed by atoms with E-state index in [-0.39, 0.29) is 23.0 Å². The summed E-state index contributed by atoms with van der Waals surface area (Å²) >= 11 is 0. The van der Waals surface area contributed by atoms with Crippen molar-refractivity contribution in [3.8, 4) is 0 Å². The summed E-state index contributed by atoms with van der Waals surface area (Å²) in [4.78, 5) is 34.1. The van der Waals surface area contributed by atoms with Gasteiger partial charge >= 0.3 is 0 Å². The first-order valence-corrected chi connectivity index (χ1v) is 7.79. The highest BCUT2D eigenvalue weighted by Crippen LogP contribution is 2.39. The van der Waals surface area contributed by atoms with Crippen molar-refractivity contribution in [2.24, 2.45) is 5.92 Å². The number of aliphatic hydroxyl groups excluding tert-OH is 1. The number of fused-ring (bicyclic) bond motifs is 1. The molecule has 1 aliphatic rings. The average molecular weight is 371 g/mol. The Hall–Kier alpha value is -2.41. The molecule has 1 fully saturated rings. The van der Waals surface area contributed by atoms with E-state index in [0.717, 1.165) is 10.9 Å². The maximum atomic E-state index is 14.1. The van der Waals surface area contributed by atoms with Gasteiger partial charge in [0.1, 0.15) is 6.10 Å². The molecule has 1 amide bonds. The smallest absolute Gasteiger partial charge is 0.280 e. The fourth-order valence-corrected chi connectivity index (χ4v) is 2.57. The van der Waals surface area contributed by atoms with E-state index in [1.807, 2.05) is 0 Å². The van der Waals surface area contributed by atoms with Crippen LogP contribution in [0.25, 0.3) is 11.2 Å². The van der Waals surface area contributed by atoms with Crippen LogP contribution in [0.2, 0.25) is 0 Å². The molecule has 0 unspecified atom stereocenters. The van der Waals surface area contributed by atoms with Gasteiger partial charge in [-0.05, 0) is 0 Å². The van der Waals surface area contributed by atoms with Crippen molar-refractivity contribution in [3.63, 3.8) is 0 Å². The summed E-state index contributed by atoms with van der Waals surface area (Å²) < 4.78 is 20.2. The van der Waals surface area contributed by atoms with E-state index < -0.39 is 42.4 Å². The molecule has 0 aromatic carbocycles. The van der Waals surface area contributed by atoms with E-state index in [9.17, 15) is 24.2 Å². The summed E-state index contributed by atoms with van der Waals surface area (Å²) in [5, 5.41) is 31.6. The van der Waals surface area contributed by atoms with E-state index in [2.05, 4.69) is 20.3 Å². The van der Waals surface area contributed by atoms with Crippen LogP contribution >= 0.6 is 0 Å². The molecule has 142 valence electrons. The minimum atomic E-state index is -2.98. The van der Waals surface area contributed by atoms with Gasteiger partial charge in [0.15, 0.2) is 23.6 Å². The highest BCUT2D eigenvalue weighted by atomic mass is 19.1. The molecule has 3 heterocycles. The van der Waals surface area contributed by atoms with E-state index in [1.54, 1.807) is 13.8 Å². The first-order chi connectivity index (χ1) is 12.2. The standard InChI is InChI=1S/C14H18FN5O6/c1-5(2)10(22)18-13-17-9-7(11(23)19-13)16-4-20(9)12-14(24,25)8(15)6(3-21)26-12/h4-6,8,12,21,24-25H,3H2,1-2H3,(H2,17,18,19,22,23)/t6-,8+,12-/m1/s1. The van der Waals surface area contributed by atoms with Crippen molar-refractivity contribution in [3.05, 3.63) is 16.7 Å². The fraction of sp³-hybridized carbons (Fsp3) is 0.571. The lowest BCUT2D eigenvalue weighted by atomic mass is 10.1. The number of hydrogen-bond donors (Lipinski definition) is 5. The number of carbonyl (C=O) groups excluding carboxylic acids is 1. The molecule has 2 aromatic heterocycles. The number of H-pyrrole nitrogens is 1. The number of anilines is 1. The van der Waals surface area contributed by atoms with Crippen LogP contribution in [0.4, 0.5) is 10.3 Å². The minimum Gasteiger partial charge on any atom is -0.394 e. The SMILES string of the molecule is CC(C)C(=O)Nc1nc2c(ncn2[C@@H]2O[C@H](CO)[C@H](F)C2(O)O)c(=O)[nH]1. The van der Waals surface area contributed by atoms with E-state index >= 15 is 0 Å². The molecule has 0 spiro atoms. The molecule has 1 saturated heterocycles. The first kappa shape index (κ1) is 18.4. The van der Waals surface area contributed by atoms with Crippen molar-refractivity contribution in [2.45, 2.75) is 38.1 Å². The van der Waals surface area contributed by atoms with Gasteiger partial charge in [0, 0.05) is 5.92 Å². The highest BCUT2D eigenvalue weighted by molar-refractivity contribution is 5.91. The van der Waals surface area contributed by atoms with Gasteiger partial charge in [-0.15, -0.1) is 0 Å². The van der Waals surface area contributed by atoms with Crippen LogP contribution in [0.5, 0.6) is 0 Å². The molecule has 5 N–H and O–H groups in total. The van der Waals surface area contributed by atoms with Gasteiger partial charge in [-0.25, -0.2) is 9.37 Å². The minimum absolute atomic E-state index is 0.156. The van der Waals surface area contributed by atoms with Gasteiger partial charge in [0.2, 0.25) is 17.6 Å². The summed E-state index contributed by atoms with van der Waals surface area (Å²) in [6.07, 6.45) is -4.45. The number of halogens is 1. The Kier molecular flexibility index (Phi) is 4.52. The second kappa shape index (κ2) is 6.39. The zero-order valence-electron chi connectivity index (χ0n) is 13.9. The van der Waals surface area contributed by atoms with Gasteiger partial charge in [0.25, 0.3) is 5.56 Å². The summed E-state index contributed by atoms with van der Waals surface area (Å²) in [7, 11) is 0. The summed E-state index contributed by atoms with van der Waals surface area (Å²) in [6.45, 7) is 2.51. The molecule has 3 rings (SSSR count). The molecule has 0 saturated carbocycles. The van der Waals surface area contributed by atoms with Gasteiger partial charge < -0.3 is 20.1 Å². The molecule has 11 nitrogen and oxygen atoms in total. The maximum absolute atomic E-state index is 14.1. The number of carbonyl (C=O) groups is 1. The van der Waals surface area contributed by atoms with Gasteiger partial charge in [0.05, 0.1) is 12.9 Å². The topological polar surface area (TPSA) is 163 Å². The second-order valence-electron chi connectivity index (χ2n) is 6.28. The number of imidazole rings is 1. The van der Waals surface area contributed by atoms with Crippen LogP contribution < -0.4 is 10.9 Å². The molecular weight excluding hydrogens is 353 g/mol. The highest BCUT2D eigenvalue weighted by Gasteiger charge is 2.57. The predicted octanol–water partition coefficient (Wildman–Crippen LogP) is -1.38. The number of aliphatic hydroxyl groups is 3. The third kappa shape index (κ3) is 2.86. The molecule has 1 aliphatic heterocycles. The van der Waals surface area contributed by atoms with Crippen molar-refractivity contribution >= 4 is 23.0 Å². The van der Waals surface area contributed by atoms with Crippen molar-refractivity contribution < 1.29 is 29.2 Å². The number of amides is 1. The van der Waals surface area contributed by atoms with E-state index in [0.29, 0.717) is 0 Å². The van der Waals surface area contributed by atoms with Crippen molar-refractivity contribution in [1.82, 2.24) is 19.5 Å². The number of aromatic nitrogens is 4. The lowest BCUT2D eigenvalue weighted by molar-refractivity contribution is -0.236. The molecule has 12 heteroatoms. The van der Waals surface area contributed by atoms with Crippen LogP contribution in [0.15, 0.2) is 11.1 Å². The summed E-state index contributed by atoms with van der Waals surface area (Å²) in [6, 6.07) is 0. The largest absolute Gasteiger partial charge is 0.394 e. The number of ether oxygens (including phenoxy) is 1. The molecule has 0 bridgehead atoms. The summed E-state index contributed by atoms with van der Waals surface area (Å²) in [5.41, 5.74) is -1.02. The first-order valence-electron chi connectivity index (χ1n) is 7.79. The van der Waals surface area contributed by atoms with E-state index in [4.69, 9.17) is 9.84 Å². The quantitative estimate of drug-likeness (QED) is 0.411. The van der Waals surface area contributed by atoms with Crippen LogP contribution in [0, 0.1) is 5.92 Å². The summed E-state index contributed by atoms with van der Waals surface area (Å²) in [5.74, 6) is -3.94. The zero-order chi connectivity index (χ0) is 19.2. The number of aromatic amines is 1. The van der Waals surface area contributed by atoms with Crippen LogP contribution in [0.1, 0.15) is 20.1 Å². The van der Waals surface area contributed by atoms with E-state index in [1.165, 1.54) is 0 Å². The van der Waals surface area contributed by atoms with Gasteiger partial charge in [-0.2, -0.15) is 4.98 Å². The molecular formula is C14H18FN5O6. The molecule has 0 aliphatic carbocycles. The molecule has 3 atom stereocenters. The number of alkyl halides is 1. The second-order valence-corrected chi connectivity index (χ2v) is 6.28. The number of nitrogens with zero attached hydrogens (tertiary/aromatic N) is 3. The number of hydrogen-bond acceptors (Lipinski definition) is 8. The van der Waals surface area contributed by atoms with Gasteiger partial charge in [-0.1, -0.05) is 13.8 Å². The van der Waals surface area contributed by atoms with Crippen molar-refractivity contribution in [2.75, 3.05) is 11.9 Å². The third-order valence-electron chi connectivity index (χ3n) is 4.03. The zero-order valence-corrected chi connectivity index (χ0v) is 13.9. The lowest BCUT2D eigenvalue weighted by Gasteiger charge is -2.24. The monoisotopic (exact) mass is 371 g/mol. The Balaban J connectivity index is 2.06. The molecule has 2 aromatic rings. The Morgan fingerprint density at radius 2 is 2.23 bits per heavy atom. The Morgan fingerprint density at radius 1 is 1.54 bits per heavy atom. The maximum Gasteiger partial charge on any atom is 0.280 e. The predicted molar refractivity (Wildman–Crippen MR) is 84.7 cm³/mol. The number of rotatable bonds is 4. The molecule has 0 radical (unpaired) electrons. The Morgan fingerprint density at radius 3 is 2.81 bits per heavy atom. The third-order valence-corrected chi connectivity index (χ3v) is 4.03. The lowest BCUT2D eigenvalue weighted by Crippen LogP contribution is -2.44. The van der Waals surface area contributed by atoms with Crippen LogP contribution in [-0.4, -0.2) is 65.4 Å². The average Bonchev–Trinajstić information content (AvgIpc) is 3.07.